The van der Waals surface area contributed by atoms with Crippen LogP contribution in [0.1, 0.15) is 0 Å². The zero-order valence-electron chi connectivity index (χ0n) is 6.92. The Labute approximate surface area is 70.4 Å². The molecule has 0 bridgehead atoms. The van der Waals surface area contributed by atoms with E-state index in [0.717, 1.165) is 0 Å². The number of ether oxygens (including phenoxy) is 1. The van der Waals surface area contributed by atoms with Gasteiger partial charge in [-0.3, -0.25) is 4.79 Å². The van der Waals surface area contributed by atoms with Crippen LogP contribution in [0.15, 0.2) is 0 Å². The van der Waals surface area contributed by atoms with Gasteiger partial charge in [-0.2, -0.15) is 0 Å². The first-order valence-corrected chi connectivity index (χ1v) is 3.45. The lowest BCUT2D eigenvalue weighted by Crippen LogP contribution is -2.40. The van der Waals surface area contributed by atoms with Crippen LogP contribution in [0.4, 0.5) is 4.79 Å². The molecule has 0 aliphatic heterocycles. The van der Waals surface area contributed by atoms with Crippen LogP contribution in [0, 0.1) is 0 Å². The van der Waals surface area contributed by atoms with E-state index in [4.69, 9.17) is 10.5 Å². The van der Waals surface area contributed by atoms with Crippen molar-refractivity contribution < 1.29 is 14.3 Å². The van der Waals surface area contributed by atoms with Crippen molar-refractivity contribution in [3.8, 4) is 0 Å². The normalized spacial score (nSPS) is 9.08. The monoisotopic (exact) mass is 175 g/mol. The number of methoxy groups -OCH3 is 1. The van der Waals surface area contributed by atoms with Gasteiger partial charge in [0.2, 0.25) is 5.91 Å². The average Bonchev–Trinajstić information content (AvgIpc) is 2.01. The van der Waals surface area contributed by atoms with E-state index < -0.39 is 6.03 Å². The molecule has 0 aromatic heterocycles. The molecule has 3 amide bonds. The smallest absolute Gasteiger partial charge is 0.312 e. The number of hydrogen-bond acceptors (Lipinski definition) is 3. The van der Waals surface area contributed by atoms with Crippen molar-refractivity contribution in [2.75, 3.05) is 26.8 Å². The van der Waals surface area contributed by atoms with Gasteiger partial charge in [-0.05, 0) is 0 Å². The summed E-state index contributed by atoms with van der Waals surface area (Å²) in [7, 11) is 1.54. The van der Waals surface area contributed by atoms with Crippen LogP contribution < -0.4 is 16.4 Å². The van der Waals surface area contributed by atoms with E-state index in [1.54, 1.807) is 0 Å². The number of carbonyl (C=O) groups is 2. The van der Waals surface area contributed by atoms with Crippen molar-refractivity contribution in [1.82, 2.24) is 10.6 Å². The molecule has 0 aromatic carbocycles. The first kappa shape index (κ1) is 10.7. The van der Waals surface area contributed by atoms with Gasteiger partial charge in [0.05, 0.1) is 13.2 Å². The minimum absolute atomic E-state index is 0.0982. The lowest BCUT2D eigenvalue weighted by atomic mass is 10.5. The number of carbonyl (C=O) groups excluding carboxylic acids is 2. The zero-order chi connectivity index (χ0) is 9.40. The topological polar surface area (TPSA) is 93.4 Å². The standard InChI is InChI=1S/C6H13N3O3/c1-12-3-2-8-5(10)4-9-6(7)11/h2-4H2,1H3,(H,8,10)(H3,7,9,11). The lowest BCUT2D eigenvalue weighted by molar-refractivity contribution is -0.120. The van der Waals surface area contributed by atoms with Crippen LogP contribution in [-0.4, -0.2) is 38.7 Å². The van der Waals surface area contributed by atoms with Crippen molar-refractivity contribution >= 4 is 11.9 Å². The van der Waals surface area contributed by atoms with E-state index in [9.17, 15) is 9.59 Å². The maximum atomic E-state index is 10.8. The highest BCUT2D eigenvalue weighted by atomic mass is 16.5. The number of nitrogens with two attached hydrogens (primary N) is 1. The molecule has 0 spiro atoms. The van der Waals surface area contributed by atoms with Gasteiger partial charge in [-0.15, -0.1) is 0 Å². The second-order valence-corrected chi connectivity index (χ2v) is 2.06. The summed E-state index contributed by atoms with van der Waals surface area (Å²) in [5, 5.41) is 4.66. The van der Waals surface area contributed by atoms with E-state index in [0.29, 0.717) is 13.2 Å². The summed E-state index contributed by atoms with van der Waals surface area (Å²) in [6.07, 6.45) is 0. The fourth-order valence-corrected chi connectivity index (χ4v) is 0.522. The molecular weight excluding hydrogens is 162 g/mol. The second kappa shape index (κ2) is 6.41. The van der Waals surface area contributed by atoms with Crippen molar-refractivity contribution in [2.45, 2.75) is 0 Å². The highest BCUT2D eigenvalue weighted by Gasteiger charge is 1.99. The number of hydrogen-bond donors (Lipinski definition) is 3. The molecular formula is C6H13N3O3. The Morgan fingerprint density at radius 2 is 2.08 bits per heavy atom. The molecule has 6 nitrogen and oxygen atoms in total. The predicted molar refractivity (Wildman–Crippen MR) is 42.5 cm³/mol. The molecule has 6 heteroatoms. The molecule has 0 saturated carbocycles. The molecule has 0 aliphatic rings. The Morgan fingerprint density at radius 3 is 2.58 bits per heavy atom. The van der Waals surface area contributed by atoms with E-state index in [1.807, 2.05) is 0 Å². The van der Waals surface area contributed by atoms with Crippen LogP contribution in [0.5, 0.6) is 0 Å². The first-order valence-electron chi connectivity index (χ1n) is 3.45. The molecule has 0 heterocycles. The van der Waals surface area contributed by atoms with Crippen molar-refractivity contribution in [2.24, 2.45) is 5.73 Å². The van der Waals surface area contributed by atoms with E-state index in [1.165, 1.54) is 7.11 Å². The molecule has 4 N–H and O–H groups in total. The Hall–Kier alpha value is -1.30. The Bertz CT molecular complexity index is 160. The predicted octanol–water partition coefficient (Wildman–Crippen LogP) is -1.58. The highest BCUT2D eigenvalue weighted by molar-refractivity contribution is 5.83. The van der Waals surface area contributed by atoms with Crippen LogP contribution in [-0.2, 0) is 9.53 Å². The maximum absolute atomic E-state index is 10.8. The largest absolute Gasteiger partial charge is 0.383 e. The van der Waals surface area contributed by atoms with Crippen LogP contribution >= 0.6 is 0 Å². The van der Waals surface area contributed by atoms with Gasteiger partial charge < -0.3 is 21.1 Å². The zero-order valence-corrected chi connectivity index (χ0v) is 6.92. The molecule has 12 heavy (non-hydrogen) atoms. The molecule has 0 aromatic rings. The van der Waals surface area contributed by atoms with Crippen molar-refractivity contribution in [3.63, 3.8) is 0 Å². The van der Waals surface area contributed by atoms with E-state index in [2.05, 4.69) is 10.6 Å². The lowest BCUT2D eigenvalue weighted by Gasteiger charge is -2.03. The summed E-state index contributed by atoms with van der Waals surface area (Å²) in [5.41, 5.74) is 4.74. The summed E-state index contributed by atoms with van der Waals surface area (Å²) in [6.45, 7) is 0.775. The third-order valence-electron chi connectivity index (χ3n) is 1.05. The molecule has 0 fully saturated rings. The van der Waals surface area contributed by atoms with Crippen LogP contribution in [0.2, 0.25) is 0 Å². The SMILES string of the molecule is COCCNC(=O)CNC(N)=O. The highest BCUT2D eigenvalue weighted by Crippen LogP contribution is 1.66. The van der Waals surface area contributed by atoms with Crippen LogP contribution in [0.25, 0.3) is 0 Å². The third-order valence-corrected chi connectivity index (χ3v) is 1.05. The van der Waals surface area contributed by atoms with Gasteiger partial charge in [0.25, 0.3) is 0 Å². The molecule has 70 valence electrons. The van der Waals surface area contributed by atoms with Gasteiger partial charge in [0.15, 0.2) is 0 Å². The summed E-state index contributed by atoms with van der Waals surface area (Å²) < 4.78 is 4.69. The number of primary amides is 1. The molecule has 0 saturated heterocycles. The minimum Gasteiger partial charge on any atom is -0.383 e. The van der Waals surface area contributed by atoms with Gasteiger partial charge in [0.1, 0.15) is 0 Å². The first-order chi connectivity index (χ1) is 5.66. The number of amides is 3. The average molecular weight is 175 g/mol. The van der Waals surface area contributed by atoms with E-state index in [-0.39, 0.29) is 12.5 Å². The van der Waals surface area contributed by atoms with Crippen LogP contribution in [0.3, 0.4) is 0 Å². The van der Waals surface area contributed by atoms with Gasteiger partial charge >= 0.3 is 6.03 Å². The van der Waals surface area contributed by atoms with Crippen molar-refractivity contribution in [3.05, 3.63) is 0 Å². The third kappa shape index (κ3) is 6.81. The summed E-state index contributed by atoms with van der Waals surface area (Å²) in [4.78, 5) is 20.9. The van der Waals surface area contributed by atoms with Gasteiger partial charge in [-0.1, -0.05) is 0 Å². The Kier molecular flexibility index (Phi) is 5.72. The Morgan fingerprint density at radius 1 is 1.42 bits per heavy atom. The molecule has 0 aliphatic carbocycles. The summed E-state index contributed by atoms with van der Waals surface area (Å²) in [5.74, 6) is -0.286. The summed E-state index contributed by atoms with van der Waals surface area (Å²) in [6, 6.07) is -0.711. The fourth-order valence-electron chi connectivity index (χ4n) is 0.522. The molecule has 0 radical (unpaired) electrons. The van der Waals surface area contributed by atoms with E-state index >= 15 is 0 Å². The van der Waals surface area contributed by atoms with Crippen molar-refractivity contribution in [1.29, 1.82) is 0 Å². The fraction of sp³-hybridized carbons (Fsp3) is 0.667. The maximum Gasteiger partial charge on any atom is 0.312 e. The molecule has 0 atom stereocenters. The van der Waals surface area contributed by atoms with Gasteiger partial charge in [0, 0.05) is 13.7 Å². The second-order valence-electron chi connectivity index (χ2n) is 2.06. The van der Waals surface area contributed by atoms with Gasteiger partial charge in [-0.25, -0.2) is 4.79 Å². The minimum atomic E-state index is -0.711. The number of nitrogens with one attached hydrogen (secondary N) is 2. The number of urea groups is 1. The number of rotatable bonds is 5. The summed E-state index contributed by atoms with van der Waals surface area (Å²) >= 11 is 0. The molecule has 0 unspecified atom stereocenters. The quantitative estimate of drug-likeness (QED) is 0.440. The Balaban J connectivity index is 3.28. The molecule has 0 rings (SSSR count).